The standard InChI is InChI=1S/C8H13Br/c9-8-6-4-2-1-3-5-7-8/h1-2,8H,3-7H2/t8-/m0/s1. The summed E-state index contributed by atoms with van der Waals surface area (Å²) in [6.45, 7) is 0. The van der Waals surface area contributed by atoms with E-state index in [1.54, 1.807) is 0 Å². The number of hydrogen-bond acceptors (Lipinski definition) is 0. The molecule has 0 aliphatic heterocycles. The van der Waals surface area contributed by atoms with Gasteiger partial charge >= 0.3 is 0 Å². The first-order chi connectivity index (χ1) is 4.39. The Balaban J connectivity index is 2.27. The molecule has 0 aromatic rings. The fourth-order valence-electron chi connectivity index (χ4n) is 1.11. The van der Waals surface area contributed by atoms with Gasteiger partial charge in [-0.3, -0.25) is 0 Å². The summed E-state index contributed by atoms with van der Waals surface area (Å²) in [4.78, 5) is 0.780. The van der Waals surface area contributed by atoms with Crippen LogP contribution in [0.1, 0.15) is 32.1 Å². The molecule has 0 saturated carbocycles. The van der Waals surface area contributed by atoms with Gasteiger partial charge in [-0.2, -0.15) is 0 Å². The summed E-state index contributed by atoms with van der Waals surface area (Å²) in [6, 6.07) is 0. The van der Waals surface area contributed by atoms with Crippen molar-refractivity contribution in [3.8, 4) is 0 Å². The van der Waals surface area contributed by atoms with E-state index in [1.807, 2.05) is 0 Å². The predicted molar refractivity (Wildman–Crippen MR) is 44.9 cm³/mol. The quantitative estimate of drug-likeness (QED) is 0.405. The van der Waals surface area contributed by atoms with Gasteiger partial charge in [-0.15, -0.1) is 0 Å². The highest BCUT2D eigenvalue weighted by atomic mass is 79.9. The zero-order valence-electron chi connectivity index (χ0n) is 5.65. The van der Waals surface area contributed by atoms with Crippen molar-refractivity contribution in [1.82, 2.24) is 0 Å². The lowest BCUT2D eigenvalue weighted by Crippen LogP contribution is -1.97. The molecule has 1 rings (SSSR count). The molecule has 1 atom stereocenters. The van der Waals surface area contributed by atoms with Crippen molar-refractivity contribution in [3.63, 3.8) is 0 Å². The molecule has 0 aromatic heterocycles. The highest BCUT2D eigenvalue weighted by Gasteiger charge is 2.02. The molecule has 0 heterocycles. The van der Waals surface area contributed by atoms with Crippen molar-refractivity contribution >= 4 is 15.9 Å². The predicted octanol–water partition coefficient (Wildman–Crippen LogP) is 3.27. The smallest absolute Gasteiger partial charge is 0.0148 e. The van der Waals surface area contributed by atoms with Crippen LogP contribution in [0.4, 0.5) is 0 Å². The van der Waals surface area contributed by atoms with Gasteiger partial charge in [-0.1, -0.05) is 28.1 Å². The minimum atomic E-state index is 0.780. The van der Waals surface area contributed by atoms with Crippen LogP contribution in [0, 0.1) is 0 Å². The third-order valence-corrected chi connectivity index (χ3v) is 2.62. The zero-order valence-corrected chi connectivity index (χ0v) is 7.23. The Morgan fingerprint density at radius 3 is 2.78 bits per heavy atom. The summed E-state index contributed by atoms with van der Waals surface area (Å²) in [5.41, 5.74) is 0. The molecule has 0 bridgehead atoms. The van der Waals surface area contributed by atoms with Gasteiger partial charge in [0.25, 0.3) is 0 Å². The Morgan fingerprint density at radius 2 is 1.89 bits per heavy atom. The largest absolute Gasteiger partial charge is 0.0891 e. The minimum absolute atomic E-state index is 0.780. The van der Waals surface area contributed by atoms with E-state index in [-0.39, 0.29) is 0 Å². The zero-order chi connectivity index (χ0) is 6.53. The van der Waals surface area contributed by atoms with Crippen LogP contribution in [0.15, 0.2) is 12.2 Å². The second-order valence-electron chi connectivity index (χ2n) is 2.58. The first-order valence-corrected chi connectivity index (χ1v) is 4.60. The number of allylic oxidation sites excluding steroid dienone is 2. The molecule has 1 heteroatoms. The Bertz CT molecular complexity index is 96.7. The van der Waals surface area contributed by atoms with Gasteiger partial charge < -0.3 is 0 Å². The van der Waals surface area contributed by atoms with Crippen molar-refractivity contribution in [2.45, 2.75) is 36.9 Å². The van der Waals surface area contributed by atoms with E-state index in [0.29, 0.717) is 0 Å². The molecule has 0 saturated heterocycles. The van der Waals surface area contributed by atoms with Crippen molar-refractivity contribution in [1.29, 1.82) is 0 Å². The molecule has 1 aliphatic carbocycles. The van der Waals surface area contributed by atoms with E-state index in [0.717, 1.165) is 4.83 Å². The van der Waals surface area contributed by atoms with Gasteiger partial charge in [0.05, 0.1) is 0 Å². The molecule has 0 N–H and O–H groups in total. The molecular weight excluding hydrogens is 176 g/mol. The molecule has 0 nitrogen and oxygen atoms in total. The van der Waals surface area contributed by atoms with Crippen LogP contribution >= 0.6 is 15.9 Å². The second kappa shape index (κ2) is 4.10. The summed E-state index contributed by atoms with van der Waals surface area (Å²) >= 11 is 3.64. The molecule has 52 valence electrons. The maximum atomic E-state index is 3.64. The van der Waals surface area contributed by atoms with Gasteiger partial charge in [-0.25, -0.2) is 0 Å². The number of halogens is 1. The fourth-order valence-corrected chi connectivity index (χ4v) is 1.70. The maximum absolute atomic E-state index is 3.64. The Hall–Kier alpha value is 0.220. The normalized spacial score (nSPS) is 29.2. The fraction of sp³-hybridized carbons (Fsp3) is 0.750. The first-order valence-electron chi connectivity index (χ1n) is 3.68. The first kappa shape index (κ1) is 7.33. The average Bonchev–Trinajstić information content (AvgIpc) is 1.79. The van der Waals surface area contributed by atoms with Crippen molar-refractivity contribution in [2.75, 3.05) is 0 Å². The summed E-state index contributed by atoms with van der Waals surface area (Å²) in [5.74, 6) is 0. The Labute approximate surface area is 65.5 Å². The van der Waals surface area contributed by atoms with Gasteiger partial charge in [0.2, 0.25) is 0 Å². The lowest BCUT2D eigenvalue weighted by molar-refractivity contribution is 0.661. The molecular formula is C8H13Br. The van der Waals surface area contributed by atoms with Gasteiger partial charge in [0.1, 0.15) is 0 Å². The maximum Gasteiger partial charge on any atom is 0.0148 e. The van der Waals surface area contributed by atoms with Crippen molar-refractivity contribution in [3.05, 3.63) is 12.2 Å². The van der Waals surface area contributed by atoms with Crippen LogP contribution in [-0.4, -0.2) is 4.83 Å². The van der Waals surface area contributed by atoms with E-state index < -0.39 is 0 Å². The lowest BCUT2D eigenvalue weighted by atomic mass is 10.1. The van der Waals surface area contributed by atoms with E-state index in [4.69, 9.17) is 0 Å². The molecule has 0 spiro atoms. The number of hydrogen-bond donors (Lipinski definition) is 0. The molecule has 1 aliphatic rings. The van der Waals surface area contributed by atoms with E-state index in [2.05, 4.69) is 28.1 Å². The third kappa shape index (κ3) is 3.04. The van der Waals surface area contributed by atoms with E-state index in [9.17, 15) is 0 Å². The highest BCUT2D eigenvalue weighted by molar-refractivity contribution is 9.09. The van der Waals surface area contributed by atoms with E-state index in [1.165, 1.54) is 32.1 Å². The molecule has 0 radical (unpaired) electrons. The van der Waals surface area contributed by atoms with Crippen molar-refractivity contribution in [2.24, 2.45) is 0 Å². The summed E-state index contributed by atoms with van der Waals surface area (Å²) in [6.07, 6.45) is 11.2. The summed E-state index contributed by atoms with van der Waals surface area (Å²) in [7, 11) is 0. The second-order valence-corrected chi connectivity index (χ2v) is 3.87. The third-order valence-electron chi connectivity index (χ3n) is 1.70. The monoisotopic (exact) mass is 188 g/mol. The van der Waals surface area contributed by atoms with Crippen LogP contribution < -0.4 is 0 Å². The van der Waals surface area contributed by atoms with E-state index >= 15 is 0 Å². The average molecular weight is 189 g/mol. The molecule has 0 aromatic carbocycles. The van der Waals surface area contributed by atoms with Crippen LogP contribution in [0.5, 0.6) is 0 Å². The number of rotatable bonds is 0. The Morgan fingerprint density at radius 1 is 1.11 bits per heavy atom. The summed E-state index contributed by atoms with van der Waals surface area (Å²) in [5, 5.41) is 0. The SMILES string of the molecule is Br[C@H]1CCC=CCCC1. The lowest BCUT2D eigenvalue weighted by Gasteiger charge is -2.08. The van der Waals surface area contributed by atoms with Gasteiger partial charge in [0, 0.05) is 4.83 Å². The molecule has 0 fully saturated rings. The molecule has 9 heavy (non-hydrogen) atoms. The highest BCUT2D eigenvalue weighted by Crippen LogP contribution is 2.18. The van der Waals surface area contributed by atoms with Crippen LogP contribution in [0.3, 0.4) is 0 Å². The molecule has 0 amide bonds. The topological polar surface area (TPSA) is 0 Å². The summed E-state index contributed by atoms with van der Waals surface area (Å²) < 4.78 is 0. The molecule has 0 unspecified atom stereocenters. The van der Waals surface area contributed by atoms with Crippen LogP contribution in [0.2, 0.25) is 0 Å². The number of alkyl halides is 1. The van der Waals surface area contributed by atoms with Crippen LogP contribution in [0.25, 0.3) is 0 Å². The van der Waals surface area contributed by atoms with Crippen molar-refractivity contribution < 1.29 is 0 Å². The Kier molecular flexibility index (Phi) is 3.34. The minimum Gasteiger partial charge on any atom is -0.0891 e. The van der Waals surface area contributed by atoms with Gasteiger partial charge in [0.15, 0.2) is 0 Å². The van der Waals surface area contributed by atoms with Gasteiger partial charge in [-0.05, 0) is 32.1 Å². The van der Waals surface area contributed by atoms with Crippen LogP contribution in [-0.2, 0) is 0 Å².